The molecule has 5 nitrogen and oxygen atoms in total. The second kappa shape index (κ2) is 11.3. The lowest BCUT2D eigenvalue weighted by Gasteiger charge is -2.33. The van der Waals surface area contributed by atoms with Gasteiger partial charge in [0.1, 0.15) is 11.0 Å². The lowest BCUT2D eigenvalue weighted by atomic mass is 9.99. The lowest BCUT2D eigenvalue weighted by molar-refractivity contribution is -0.140. The zero-order valence-corrected chi connectivity index (χ0v) is 21.6. The molecule has 2 amide bonds. The van der Waals surface area contributed by atoms with Crippen molar-refractivity contribution in [2.45, 2.75) is 53.3 Å². The van der Waals surface area contributed by atoms with E-state index in [2.05, 4.69) is 10.3 Å². The third-order valence-electron chi connectivity index (χ3n) is 4.52. The van der Waals surface area contributed by atoms with E-state index in [1.54, 1.807) is 27.0 Å². The van der Waals surface area contributed by atoms with Gasteiger partial charge in [0.25, 0.3) is 0 Å². The minimum atomic E-state index is -1.60. The molecule has 12 heteroatoms. The van der Waals surface area contributed by atoms with E-state index in [9.17, 15) is 9.59 Å². The molecule has 1 N–H and O–H groups in total. The number of nitrogens with one attached hydrogen (secondary N) is 1. The van der Waals surface area contributed by atoms with Crippen molar-refractivity contribution in [3.63, 3.8) is 0 Å². The number of rotatable bonds is 8. The standard InChI is InChI=1S/C17H23Cl6N3O2S/c1-9(16(18,19)20)7-12(14(28)25-11(3)15-24-5-6-29-15)26(4)13(27)8-10(2)17(21,22)23/h5-6,9-12H,7-8H2,1-4H3,(H,25,28)/t9-,10+,11+,12+/m1/s1. The summed E-state index contributed by atoms with van der Waals surface area (Å²) in [6, 6.07) is -1.21. The molecule has 0 fully saturated rings. The zero-order chi connectivity index (χ0) is 22.6. The fourth-order valence-corrected chi connectivity index (χ4v) is 3.57. The predicted molar refractivity (Wildman–Crippen MR) is 123 cm³/mol. The summed E-state index contributed by atoms with van der Waals surface area (Å²) in [5, 5.41) is 5.42. The average Bonchev–Trinajstić information content (AvgIpc) is 3.11. The van der Waals surface area contributed by atoms with Crippen molar-refractivity contribution in [1.82, 2.24) is 15.2 Å². The van der Waals surface area contributed by atoms with Crippen LogP contribution in [0.2, 0.25) is 0 Å². The van der Waals surface area contributed by atoms with E-state index in [0.29, 0.717) is 0 Å². The van der Waals surface area contributed by atoms with Gasteiger partial charge in [-0.15, -0.1) is 11.3 Å². The van der Waals surface area contributed by atoms with Gasteiger partial charge < -0.3 is 10.2 Å². The first-order valence-electron chi connectivity index (χ1n) is 8.73. The Morgan fingerprint density at radius 3 is 2.10 bits per heavy atom. The van der Waals surface area contributed by atoms with Crippen molar-refractivity contribution < 1.29 is 9.59 Å². The van der Waals surface area contributed by atoms with Crippen LogP contribution in [0.15, 0.2) is 11.6 Å². The number of carbonyl (C=O) groups excluding carboxylic acids is 2. The Morgan fingerprint density at radius 1 is 1.10 bits per heavy atom. The summed E-state index contributed by atoms with van der Waals surface area (Å²) in [5.74, 6) is -1.79. The normalized spacial score (nSPS) is 16.6. The van der Waals surface area contributed by atoms with Crippen LogP contribution in [0.5, 0.6) is 0 Å². The van der Waals surface area contributed by atoms with Gasteiger partial charge in [0.15, 0.2) is 7.59 Å². The molecule has 0 aliphatic rings. The van der Waals surface area contributed by atoms with Crippen molar-refractivity contribution in [3.05, 3.63) is 16.6 Å². The lowest BCUT2D eigenvalue weighted by Crippen LogP contribution is -2.50. The molecule has 1 heterocycles. The van der Waals surface area contributed by atoms with E-state index in [1.165, 1.54) is 23.3 Å². The van der Waals surface area contributed by atoms with Gasteiger partial charge in [-0.3, -0.25) is 9.59 Å². The number of hydrogen-bond donors (Lipinski definition) is 1. The molecule has 4 atom stereocenters. The molecule has 29 heavy (non-hydrogen) atoms. The van der Waals surface area contributed by atoms with Gasteiger partial charge in [-0.1, -0.05) is 83.5 Å². The number of halogens is 6. The summed E-state index contributed by atoms with van der Waals surface area (Å²) in [6.07, 6.45) is 1.73. The molecule has 1 aromatic rings. The van der Waals surface area contributed by atoms with Crippen LogP contribution < -0.4 is 5.32 Å². The first kappa shape index (κ1) is 27.3. The Kier molecular flexibility index (Phi) is 10.6. The van der Waals surface area contributed by atoms with Gasteiger partial charge in [-0.2, -0.15) is 0 Å². The number of hydrogen-bond acceptors (Lipinski definition) is 4. The van der Waals surface area contributed by atoms with Gasteiger partial charge in [-0.25, -0.2) is 4.98 Å². The first-order chi connectivity index (χ1) is 13.1. The molecule has 166 valence electrons. The van der Waals surface area contributed by atoms with Crippen molar-refractivity contribution in [3.8, 4) is 0 Å². The Balaban J connectivity index is 2.99. The van der Waals surface area contributed by atoms with E-state index >= 15 is 0 Å². The molecular formula is C17H23Cl6N3O2S. The fraction of sp³-hybridized carbons (Fsp3) is 0.706. The van der Waals surface area contributed by atoms with Crippen molar-refractivity contribution in [1.29, 1.82) is 0 Å². The maximum absolute atomic E-state index is 13.0. The summed E-state index contributed by atoms with van der Waals surface area (Å²) >= 11 is 37.0. The predicted octanol–water partition coefficient (Wildman–Crippen LogP) is 5.94. The first-order valence-corrected chi connectivity index (χ1v) is 11.9. The minimum Gasteiger partial charge on any atom is -0.345 e. The molecule has 0 radical (unpaired) electrons. The number of likely N-dealkylation sites (N-methyl/N-ethyl adjacent to an activating group) is 1. The molecule has 0 unspecified atom stereocenters. The van der Waals surface area contributed by atoms with Gasteiger partial charge >= 0.3 is 0 Å². The van der Waals surface area contributed by atoms with Crippen LogP contribution >= 0.6 is 80.9 Å². The monoisotopic (exact) mass is 543 g/mol. The summed E-state index contributed by atoms with van der Waals surface area (Å²) in [5.41, 5.74) is 0. The molecular weight excluding hydrogens is 523 g/mol. The van der Waals surface area contributed by atoms with Crippen LogP contribution in [-0.2, 0) is 9.59 Å². The SMILES string of the molecule is C[C@H](NC(=O)[C@H](C[C@@H](C)C(Cl)(Cl)Cl)N(C)C(=O)C[C@H](C)C(Cl)(Cl)Cl)c1nccs1. The summed E-state index contributed by atoms with van der Waals surface area (Å²) < 4.78 is -3.19. The van der Waals surface area contributed by atoms with Gasteiger partial charge in [0.05, 0.1) is 6.04 Å². The molecule has 0 aromatic carbocycles. The molecule has 0 aliphatic heterocycles. The summed E-state index contributed by atoms with van der Waals surface area (Å²) in [7, 11) is 1.51. The molecule has 1 aromatic heterocycles. The highest BCUT2D eigenvalue weighted by Gasteiger charge is 2.38. The Morgan fingerprint density at radius 2 is 1.66 bits per heavy atom. The third-order valence-corrected chi connectivity index (χ3v) is 7.71. The van der Waals surface area contributed by atoms with E-state index in [4.69, 9.17) is 69.6 Å². The third kappa shape index (κ3) is 8.76. The highest BCUT2D eigenvalue weighted by molar-refractivity contribution is 7.09. The Labute approximate surface area is 205 Å². The van der Waals surface area contributed by atoms with Crippen LogP contribution in [0.25, 0.3) is 0 Å². The molecule has 1 rings (SSSR count). The van der Waals surface area contributed by atoms with E-state index in [0.717, 1.165) is 5.01 Å². The van der Waals surface area contributed by atoms with E-state index < -0.39 is 25.5 Å². The Bertz CT molecular complexity index is 678. The zero-order valence-electron chi connectivity index (χ0n) is 16.3. The topological polar surface area (TPSA) is 62.3 Å². The van der Waals surface area contributed by atoms with Crippen LogP contribution in [0.4, 0.5) is 0 Å². The fourth-order valence-electron chi connectivity index (χ4n) is 2.42. The quantitative estimate of drug-likeness (QED) is 0.411. The van der Waals surface area contributed by atoms with Crippen LogP contribution in [0.1, 0.15) is 44.7 Å². The number of aromatic nitrogens is 1. The number of nitrogens with zero attached hydrogens (tertiary/aromatic N) is 2. The molecule has 0 saturated carbocycles. The van der Waals surface area contributed by atoms with Gasteiger partial charge in [0.2, 0.25) is 11.8 Å². The highest BCUT2D eigenvalue weighted by atomic mass is 35.6. The smallest absolute Gasteiger partial charge is 0.243 e. The highest BCUT2D eigenvalue weighted by Crippen LogP contribution is 2.39. The molecule has 0 aliphatic carbocycles. The average molecular weight is 546 g/mol. The van der Waals surface area contributed by atoms with Crippen LogP contribution in [0.3, 0.4) is 0 Å². The number of thiazole rings is 1. The van der Waals surface area contributed by atoms with Crippen molar-refractivity contribution in [2.75, 3.05) is 7.05 Å². The van der Waals surface area contributed by atoms with Crippen molar-refractivity contribution >= 4 is 92.8 Å². The summed E-state index contributed by atoms with van der Waals surface area (Å²) in [6.45, 7) is 5.14. The number of alkyl halides is 6. The van der Waals surface area contributed by atoms with Gasteiger partial charge in [-0.05, 0) is 13.3 Å². The van der Waals surface area contributed by atoms with Crippen molar-refractivity contribution in [2.24, 2.45) is 11.8 Å². The van der Waals surface area contributed by atoms with E-state index in [-0.39, 0.29) is 30.7 Å². The minimum absolute atomic E-state index is 0.0546. The maximum Gasteiger partial charge on any atom is 0.243 e. The van der Waals surface area contributed by atoms with Crippen LogP contribution in [0, 0.1) is 11.8 Å². The molecule has 0 spiro atoms. The molecule has 0 saturated heterocycles. The maximum atomic E-state index is 13.0. The second-order valence-electron chi connectivity index (χ2n) is 6.95. The summed E-state index contributed by atoms with van der Waals surface area (Å²) in [4.78, 5) is 31.3. The largest absolute Gasteiger partial charge is 0.345 e. The number of carbonyl (C=O) groups is 2. The van der Waals surface area contributed by atoms with Gasteiger partial charge in [0, 0.05) is 36.9 Å². The second-order valence-corrected chi connectivity index (χ2v) is 12.6. The van der Waals surface area contributed by atoms with Crippen LogP contribution in [-0.4, -0.2) is 42.4 Å². The Hall–Kier alpha value is 0.310. The molecule has 0 bridgehead atoms. The van der Waals surface area contributed by atoms with E-state index in [1.807, 2.05) is 5.38 Å². The number of amides is 2.